The van der Waals surface area contributed by atoms with Crippen molar-refractivity contribution in [3.8, 4) is 11.5 Å². The van der Waals surface area contributed by atoms with E-state index in [1.54, 1.807) is 37.4 Å². The fourth-order valence-electron chi connectivity index (χ4n) is 8.11. The number of methoxy groups -OCH3 is 1. The highest BCUT2D eigenvalue weighted by molar-refractivity contribution is 7.87. The van der Waals surface area contributed by atoms with Crippen LogP contribution in [-0.2, 0) is 28.6 Å². The SMILES string of the molecule is COc1ccc(CN2[C@@H](C)C/C=C\[C@H](O)[C@@H]3CC[C@H]3CN3C[C@@]4(CCCc5cc(Cl)ccc54)COc4ccc(cc43)C(=O)NS2(=O)=O)cc1. The fraction of sp³-hybridized carbons (Fsp3) is 0.447. The number of amides is 1. The second-order valence-electron chi connectivity index (χ2n) is 14.1. The summed E-state index contributed by atoms with van der Waals surface area (Å²) < 4.78 is 43.4. The molecule has 7 rings (SSSR count). The number of hydrogen-bond donors (Lipinski definition) is 2. The number of fused-ring (bicyclic) bond motifs is 4. The van der Waals surface area contributed by atoms with Gasteiger partial charge in [0.1, 0.15) is 11.5 Å². The van der Waals surface area contributed by atoms with E-state index in [0.29, 0.717) is 37.6 Å². The van der Waals surface area contributed by atoms with E-state index in [2.05, 4.69) is 21.8 Å². The number of halogens is 1. The van der Waals surface area contributed by atoms with Crippen molar-refractivity contribution in [2.75, 3.05) is 31.7 Å². The van der Waals surface area contributed by atoms with E-state index in [9.17, 15) is 18.3 Å². The zero-order valence-electron chi connectivity index (χ0n) is 28.0. The maximum absolute atomic E-state index is 14.0. The number of nitrogens with one attached hydrogen (secondary N) is 1. The lowest BCUT2D eigenvalue weighted by molar-refractivity contribution is 0.0455. The van der Waals surface area contributed by atoms with Crippen molar-refractivity contribution in [1.82, 2.24) is 9.03 Å². The number of hydrogen-bond acceptors (Lipinski definition) is 7. The molecule has 1 amide bonds. The second-order valence-corrected chi connectivity index (χ2v) is 16.2. The van der Waals surface area contributed by atoms with E-state index in [1.807, 2.05) is 37.3 Å². The number of benzene rings is 3. The topological polar surface area (TPSA) is 108 Å². The van der Waals surface area contributed by atoms with Crippen LogP contribution >= 0.6 is 11.6 Å². The van der Waals surface area contributed by atoms with Gasteiger partial charge in [0.05, 0.1) is 25.5 Å². The standard InChI is InChI=1S/C38H44ClN3O6S/c1-25-5-3-7-35(43)32-15-10-29(32)22-41-23-38(18-4-6-27-19-30(39)12-16-33(27)38)24-48-36-17-11-28(20-34(36)41)37(44)40-49(45,46)42(25)21-26-8-13-31(47-2)14-9-26/h3,7-9,11-14,16-17,19-20,25,29,32,35,43H,4-6,10,15,18,21-24H2,1-2H3,(H,40,44)/b7-3-/t25-,29-,32+,35-,38-/m0/s1. The summed E-state index contributed by atoms with van der Waals surface area (Å²) >= 11 is 6.42. The molecule has 5 atom stereocenters. The van der Waals surface area contributed by atoms with Crippen LogP contribution in [0.3, 0.4) is 0 Å². The molecule has 2 aliphatic heterocycles. The highest BCUT2D eigenvalue weighted by Crippen LogP contribution is 2.46. The fourth-order valence-corrected chi connectivity index (χ4v) is 9.65. The first-order valence-electron chi connectivity index (χ1n) is 17.2. The van der Waals surface area contributed by atoms with Crippen molar-refractivity contribution in [1.29, 1.82) is 0 Å². The number of aliphatic hydroxyl groups is 1. The molecule has 1 spiro atoms. The van der Waals surface area contributed by atoms with Gasteiger partial charge in [-0.25, -0.2) is 4.72 Å². The molecular formula is C38H44ClN3O6S. The van der Waals surface area contributed by atoms with Gasteiger partial charge in [0, 0.05) is 41.7 Å². The van der Waals surface area contributed by atoms with E-state index >= 15 is 0 Å². The molecule has 11 heteroatoms. The largest absolute Gasteiger partial charge is 0.497 e. The summed E-state index contributed by atoms with van der Waals surface area (Å²) in [4.78, 5) is 16.1. The van der Waals surface area contributed by atoms with E-state index in [0.717, 1.165) is 48.4 Å². The maximum Gasteiger partial charge on any atom is 0.304 e. The molecule has 0 saturated heterocycles. The molecule has 2 bridgehead atoms. The molecule has 0 unspecified atom stereocenters. The van der Waals surface area contributed by atoms with Crippen molar-refractivity contribution >= 4 is 33.4 Å². The van der Waals surface area contributed by atoms with E-state index < -0.39 is 28.3 Å². The second kappa shape index (κ2) is 13.6. The van der Waals surface area contributed by atoms with Gasteiger partial charge in [-0.05, 0) is 116 Å². The number of aryl methyl sites for hydroxylation is 1. The maximum atomic E-state index is 14.0. The molecule has 3 aromatic carbocycles. The van der Waals surface area contributed by atoms with Gasteiger partial charge < -0.3 is 19.5 Å². The number of carbonyl (C=O) groups excluding carboxylic acids is 1. The Hall–Kier alpha value is -3.57. The Kier molecular flexibility index (Phi) is 9.43. The third kappa shape index (κ3) is 6.80. The summed E-state index contributed by atoms with van der Waals surface area (Å²) in [6.45, 7) is 3.69. The van der Waals surface area contributed by atoms with Gasteiger partial charge in [-0.15, -0.1) is 0 Å². The molecule has 1 saturated carbocycles. The predicted octanol–water partition coefficient (Wildman–Crippen LogP) is 6.03. The Morgan fingerprint density at radius 1 is 1.10 bits per heavy atom. The summed E-state index contributed by atoms with van der Waals surface area (Å²) in [5.74, 6) is 0.934. The summed E-state index contributed by atoms with van der Waals surface area (Å²) in [6.07, 6.45) is 8.22. The Morgan fingerprint density at radius 2 is 1.92 bits per heavy atom. The quantitative estimate of drug-likeness (QED) is 0.320. The summed E-state index contributed by atoms with van der Waals surface area (Å²) in [5, 5.41) is 12.1. The first kappa shape index (κ1) is 33.9. The smallest absolute Gasteiger partial charge is 0.304 e. The minimum atomic E-state index is -4.28. The van der Waals surface area contributed by atoms with Crippen LogP contribution in [0.1, 0.15) is 66.1 Å². The van der Waals surface area contributed by atoms with Crippen LogP contribution in [0.5, 0.6) is 11.5 Å². The number of anilines is 1. The number of nitrogens with zero attached hydrogens (tertiary/aromatic N) is 2. The van der Waals surface area contributed by atoms with Crippen molar-refractivity contribution in [2.24, 2.45) is 11.8 Å². The number of aliphatic hydroxyl groups excluding tert-OH is 1. The average Bonchev–Trinajstić information content (AvgIpc) is 3.21. The Balaban J connectivity index is 1.26. The van der Waals surface area contributed by atoms with E-state index in [4.69, 9.17) is 21.1 Å². The minimum Gasteiger partial charge on any atom is -0.497 e. The molecule has 9 nitrogen and oxygen atoms in total. The molecule has 1 fully saturated rings. The van der Waals surface area contributed by atoms with E-state index in [-0.39, 0.29) is 29.4 Å². The van der Waals surface area contributed by atoms with Gasteiger partial charge in [0.15, 0.2) is 0 Å². The van der Waals surface area contributed by atoms with Gasteiger partial charge in [0.2, 0.25) is 0 Å². The van der Waals surface area contributed by atoms with Gasteiger partial charge in [0.25, 0.3) is 5.91 Å². The van der Waals surface area contributed by atoms with Crippen LogP contribution in [0, 0.1) is 11.8 Å². The van der Waals surface area contributed by atoms with Crippen molar-refractivity contribution in [3.63, 3.8) is 0 Å². The van der Waals surface area contributed by atoms with Crippen LogP contribution in [-0.4, -0.2) is 62.7 Å². The first-order chi connectivity index (χ1) is 23.5. The highest BCUT2D eigenvalue weighted by Gasteiger charge is 2.44. The lowest BCUT2D eigenvalue weighted by atomic mass is 9.68. The van der Waals surface area contributed by atoms with Gasteiger partial charge in [-0.2, -0.15) is 12.7 Å². The zero-order valence-corrected chi connectivity index (χ0v) is 29.6. The molecule has 2 heterocycles. The van der Waals surface area contributed by atoms with Crippen molar-refractivity contribution in [3.05, 3.63) is 100 Å². The van der Waals surface area contributed by atoms with Gasteiger partial charge in [-0.3, -0.25) is 4.79 Å². The molecule has 4 aliphatic rings. The minimum absolute atomic E-state index is 0.0510. The average molecular weight is 706 g/mol. The first-order valence-corrected chi connectivity index (χ1v) is 19.0. The summed E-state index contributed by atoms with van der Waals surface area (Å²) in [5.41, 5.74) is 3.93. The summed E-state index contributed by atoms with van der Waals surface area (Å²) in [7, 11) is -2.71. The lowest BCUT2D eigenvalue weighted by Gasteiger charge is -2.45. The highest BCUT2D eigenvalue weighted by atomic mass is 35.5. The molecule has 0 radical (unpaired) electrons. The molecule has 2 aliphatic carbocycles. The van der Waals surface area contributed by atoms with Crippen LogP contribution in [0.4, 0.5) is 5.69 Å². The third-order valence-corrected chi connectivity index (χ3v) is 12.8. The Bertz CT molecular complexity index is 1850. The number of ether oxygens (including phenoxy) is 2. The van der Waals surface area contributed by atoms with Crippen molar-refractivity contribution < 1.29 is 27.8 Å². The Labute approximate surface area is 294 Å². The van der Waals surface area contributed by atoms with Crippen LogP contribution in [0.2, 0.25) is 5.02 Å². The van der Waals surface area contributed by atoms with E-state index in [1.165, 1.54) is 15.4 Å². The molecule has 49 heavy (non-hydrogen) atoms. The molecule has 260 valence electrons. The number of rotatable bonds is 3. The lowest BCUT2D eigenvalue weighted by Crippen LogP contribution is -2.49. The van der Waals surface area contributed by atoms with Crippen molar-refractivity contribution in [2.45, 2.75) is 69.6 Å². The summed E-state index contributed by atoms with van der Waals surface area (Å²) in [6, 6.07) is 18.0. The Morgan fingerprint density at radius 3 is 2.67 bits per heavy atom. The molecule has 2 N–H and O–H groups in total. The van der Waals surface area contributed by atoms with Gasteiger partial charge in [-0.1, -0.05) is 42.0 Å². The molecule has 0 aromatic heterocycles. The van der Waals surface area contributed by atoms with Gasteiger partial charge >= 0.3 is 10.2 Å². The monoisotopic (exact) mass is 705 g/mol. The molecule has 3 aromatic rings. The van der Waals surface area contributed by atoms with Crippen LogP contribution in [0.25, 0.3) is 0 Å². The normalized spacial score (nSPS) is 29.0. The zero-order chi connectivity index (χ0) is 34.3. The number of carbonyl (C=O) groups is 1. The predicted molar refractivity (Wildman–Crippen MR) is 191 cm³/mol. The third-order valence-electron chi connectivity index (χ3n) is 11.0. The van der Waals surface area contributed by atoms with Crippen LogP contribution < -0.4 is 19.1 Å². The van der Waals surface area contributed by atoms with Crippen LogP contribution in [0.15, 0.2) is 72.8 Å². The molecular weight excluding hydrogens is 662 g/mol.